The zero-order valence-corrected chi connectivity index (χ0v) is 40.8. The van der Waals surface area contributed by atoms with Gasteiger partial charge in [0, 0.05) is 72.2 Å². The van der Waals surface area contributed by atoms with Crippen LogP contribution in [0, 0.1) is 26.1 Å². The minimum Gasteiger partial charge on any atom is -0.513 e. The molecule has 360 valence electrons. The van der Waals surface area contributed by atoms with Crippen LogP contribution in [0.5, 0.6) is 11.5 Å². The van der Waals surface area contributed by atoms with E-state index in [2.05, 4.69) is 11.5 Å². The van der Waals surface area contributed by atoms with E-state index in [0.717, 1.165) is 49.6 Å². The van der Waals surface area contributed by atoms with E-state index in [4.69, 9.17) is 42.6 Å². The number of aliphatic hydroxyl groups is 1. The highest BCUT2D eigenvalue weighted by molar-refractivity contribution is 7.19. The number of aromatic nitrogens is 2. The predicted octanol–water partition coefficient (Wildman–Crippen LogP) is 11.9. The van der Waals surface area contributed by atoms with Crippen molar-refractivity contribution >= 4 is 79.2 Å². The molecule has 9 rings (SSSR count). The van der Waals surface area contributed by atoms with E-state index in [0.29, 0.717) is 52.5 Å². The van der Waals surface area contributed by atoms with E-state index in [-0.39, 0.29) is 47.0 Å². The van der Waals surface area contributed by atoms with Gasteiger partial charge < -0.3 is 34.4 Å². The van der Waals surface area contributed by atoms with Gasteiger partial charge in [0.15, 0.2) is 10.3 Å². The molecule has 0 amide bonds. The standard InChI is InChI=1S/C28H26N4O6S.C22H19Cl2N3O3S/c1-37-20-11-7-18(8-12-20)25-26(19-9-13-21(38-2)14-10-19)39-28(29-25)30-15-16-31(24(17-30)27(33)34)22-5-3-4-6-23(22)32(35)36;1-13(28)17-11-26(9-8-15(17)16-4-2-3-5-21(16)27(29)30)22-25-20(12-31-22)14-6-7-18(23)19(24)10-14/h3-14,24H,15-17H2,1-2H3,(H,33,34);2-7,10,12,15,17,28H,1,8-9,11H2. The number of thiazole rings is 2. The van der Waals surface area contributed by atoms with Crippen molar-refractivity contribution in [2.24, 2.45) is 5.92 Å². The SMILES string of the molecule is C=C(O)C1CN(c2nc(-c3ccc(Cl)c(Cl)c3)cs2)CCC1c1ccccc1[N+](=O)[O-].COc1ccc(-c2nc(N3CCN(c4ccccc4[N+](=O)[O-])C(C(=O)O)C3)sc2-c2ccc(OC)cc2)cc1. The predicted molar refractivity (Wildman–Crippen MR) is 276 cm³/mol. The number of benzene rings is 5. The van der Waals surface area contributed by atoms with E-state index in [1.54, 1.807) is 67.7 Å². The van der Waals surface area contributed by atoms with Crippen LogP contribution in [0.4, 0.5) is 27.3 Å². The number of aliphatic hydroxyl groups excluding tert-OH is 1. The van der Waals surface area contributed by atoms with Crippen LogP contribution < -0.4 is 24.2 Å². The van der Waals surface area contributed by atoms with Crippen LogP contribution in [0.15, 0.2) is 133 Å². The highest BCUT2D eigenvalue weighted by Gasteiger charge is 2.38. The number of nitro benzene ring substituents is 2. The number of ether oxygens (including phenoxy) is 2. The lowest BCUT2D eigenvalue weighted by Gasteiger charge is -2.40. The molecule has 0 radical (unpaired) electrons. The number of hydrogen-bond donors (Lipinski definition) is 2. The number of piperazine rings is 1. The lowest BCUT2D eigenvalue weighted by Crippen LogP contribution is -2.57. The van der Waals surface area contributed by atoms with Crippen LogP contribution in [0.2, 0.25) is 10.0 Å². The van der Waals surface area contributed by atoms with Gasteiger partial charge in [-0.3, -0.25) is 20.2 Å². The smallest absolute Gasteiger partial charge is 0.328 e. The molecule has 0 bridgehead atoms. The van der Waals surface area contributed by atoms with Gasteiger partial charge >= 0.3 is 5.97 Å². The molecule has 5 aromatic carbocycles. The number of nitrogens with zero attached hydrogens (tertiary/aromatic N) is 7. The van der Waals surface area contributed by atoms with Gasteiger partial charge in [0.1, 0.15) is 23.2 Å². The molecule has 70 heavy (non-hydrogen) atoms. The summed E-state index contributed by atoms with van der Waals surface area (Å²) in [5.74, 6) is -0.0909. The van der Waals surface area contributed by atoms with Gasteiger partial charge in [-0.1, -0.05) is 77.5 Å². The number of carboxylic acids is 1. The number of piperidine rings is 1. The Bertz CT molecular complexity index is 2980. The van der Waals surface area contributed by atoms with E-state index < -0.39 is 16.9 Å². The van der Waals surface area contributed by atoms with Crippen LogP contribution in [0.3, 0.4) is 0 Å². The maximum absolute atomic E-state index is 12.4. The summed E-state index contributed by atoms with van der Waals surface area (Å²) in [5, 5.41) is 47.9. The molecule has 2 aliphatic heterocycles. The fourth-order valence-corrected chi connectivity index (χ4v) is 10.9. The Morgan fingerprint density at radius 1 is 0.743 bits per heavy atom. The molecule has 4 heterocycles. The van der Waals surface area contributed by atoms with Gasteiger partial charge in [0.05, 0.1) is 62.7 Å². The van der Waals surface area contributed by atoms with Crippen molar-refractivity contribution in [2.75, 3.05) is 61.6 Å². The van der Waals surface area contributed by atoms with Crippen LogP contribution in [-0.2, 0) is 4.79 Å². The van der Waals surface area contributed by atoms with E-state index >= 15 is 0 Å². The molecule has 7 aromatic rings. The number of para-hydroxylation sites is 3. The third kappa shape index (κ3) is 10.6. The quantitative estimate of drug-likeness (QED) is 0.0628. The molecule has 2 saturated heterocycles. The third-order valence-electron chi connectivity index (χ3n) is 12.2. The third-order valence-corrected chi connectivity index (χ3v) is 15.0. The second kappa shape index (κ2) is 21.6. The number of halogens is 2. The first-order chi connectivity index (χ1) is 33.7. The number of aliphatic carboxylic acids is 1. The Morgan fingerprint density at radius 2 is 1.36 bits per heavy atom. The fourth-order valence-electron chi connectivity index (χ4n) is 8.65. The Balaban J connectivity index is 0.000000193. The van der Waals surface area contributed by atoms with Crippen molar-refractivity contribution in [3.8, 4) is 44.5 Å². The minimum absolute atomic E-state index is 0.0223. The second-order valence-corrected chi connectivity index (χ2v) is 18.9. The number of rotatable bonds is 13. The van der Waals surface area contributed by atoms with Crippen molar-refractivity contribution in [2.45, 2.75) is 18.4 Å². The number of carbonyl (C=O) groups is 1. The largest absolute Gasteiger partial charge is 0.513 e. The zero-order chi connectivity index (χ0) is 49.6. The Morgan fingerprint density at radius 3 is 1.99 bits per heavy atom. The van der Waals surface area contributed by atoms with Gasteiger partial charge in [0.2, 0.25) is 0 Å². The first-order valence-electron chi connectivity index (χ1n) is 21.8. The highest BCUT2D eigenvalue weighted by Crippen LogP contribution is 2.44. The van der Waals surface area contributed by atoms with Crippen LogP contribution in [-0.4, -0.2) is 89.0 Å². The summed E-state index contributed by atoms with van der Waals surface area (Å²) in [7, 11) is 3.23. The molecule has 2 fully saturated rings. The lowest BCUT2D eigenvalue weighted by molar-refractivity contribution is -0.385. The molecule has 16 nitrogen and oxygen atoms in total. The molecular weight excluding hydrogens is 978 g/mol. The van der Waals surface area contributed by atoms with E-state index in [1.165, 1.54) is 34.8 Å². The number of hydrogen-bond acceptors (Lipinski definition) is 15. The molecule has 3 unspecified atom stereocenters. The molecular formula is C50H45Cl2N7O9S2. The summed E-state index contributed by atoms with van der Waals surface area (Å²) in [6.45, 7) is 5.74. The average Bonchev–Trinajstić information content (AvgIpc) is 4.06. The molecule has 0 aliphatic carbocycles. The molecule has 0 spiro atoms. The summed E-state index contributed by atoms with van der Waals surface area (Å²) < 4.78 is 10.6. The first kappa shape index (κ1) is 49.2. The topological polar surface area (TPSA) is 198 Å². The van der Waals surface area contributed by atoms with Gasteiger partial charge in [-0.05, 0) is 78.7 Å². The van der Waals surface area contributed by atoms with Crippen molar-refractivity contribution < 1.29 is 34.3 Å². The van der Waals surface area contributed by atoms with Crippen molar-refractivity contribution in [3.63, 3.8) is 0 Å². The molecule has 0 saturated carbocycles. The number of anilines is 3. The summed E-state index contributed by atoms with van der Waals surface area (Å²) in [4.78, 5) is 50.9. The molecule has 3 atom stereocenters. The Hall–Kier alpha value is -7.25. The Labute approximate surface area is 420 Å². The van der Waals surface area contributed by atoms with Gasteiger partial charge in [0.25, 0.3) is 11.4 Å². The van der Waals surface area contributed by atoms with Gasteiger partial charge in [-0.15, -0.1) is 11.3 Å². The summed E-state index contributed by atoms with van der Waals surface area (Å²) in [6, 6.07) is 32.7. The second-order valence-electron chi connectivity index (χ2n) is 16.3. The maximum atomic E-state index is 12.4. The maximum Gasteiger partial charge on any atom is 0.328 e. The van der Waals surface area contributed by atoms with Gasteiger partial charge in [-0.2, -0.15) is 0 Å². The normalized spacial score (nSPS) is 16.7. The number of methoxy groups -OCH3 is 2. The van der Waals surface area contributed by atoms with Crippen LogP contribution in [0.25, 0.3) is 33.0 Å². The fraction of sp³-hybridized carbons (Fsp3) is 0.220. The Kier molecular flexibility index (Phi) is 15.2. The van der Waals surface area contributed by atoms with Crippen molar-refractivity contribution in [3.05, 3.63) is 169 Å². The zero-order valence-electron chi connectivity index (χ0n) is 37.7. The van der Waals surface area contributed by atoms with Crippen molar-refractivity contribution in [1.29, 1.82) is 0 Å². The first-order valence-corrected chi connectivity index (χ1v) is 24.2. The van der Waals surface area contributed by atoms with E-state index in [1.807, 2.05) is 64.9 Å². The highest BCUT2D eigenvalue weighted by atomic mass is 35.5. The summed E-state index contributed by atoms with van der Waals surface area (Å²) in [6.07, 6.45) is 0.636. The van der Waals surface area contributed by atoms with Crippen LogP contribution in [0.1, 0.15) is 17.9 Å². The minimum atomic E-state index is -1.06. The lowest BCUT2D eigenvalue weighted by atomic mass is 9.79. The number of nitro groups is 2. The van der Waals surface area contributed by atoms with Gasteiger partial charge in [-0.25, -0.2) is 14.8 Å². The summed E-state index contributed by atoms with van der Waals surface area (Å²) >= 11 is 15.1. The summed E-state index contributed by atoms with van der Waals surface area (Å²) in [5.41, 5.74) is 5.17. The molecule has 2 aliphatic rings. The number of carboxylic acid groups (broad SMARTS) is 1. The van der Waals surface area contributed by atoms with Crippen molar-refractivity contribution in [1.82, 2.24) is 9.97 Å². The van der Waals surface area contributed by atoms with Crippen LogP contribution >= 0.6 is 45.9 Å². The van der Waals surface area contributed by atoms with E-state index in [9.17, 15) is 35.2 Å². The monoisotopic (exact) mass is 1020 g/mol. The molecule has 2 aromatic heterocycles. The molecule has 20 heteroatoms. The average molecular weight is 1020 g/mol. The molecule has 2 N–H and O–H groups in total.